The van der Waals surface area contributed by atoms with Crippen molar-refractivity contribution in [3.8, 4) is 6.07 Å². The fraction of sp³-hybridized carbons (Fsp3) is 0.526. The number of hydrogen-bond donors (Lipinski definition) is 2. The first kappa shape index (κ1) is 18.4. The van der Waals surface area contributed by atoms with E-state index in [9.17, 15) is 15.2 Å². The summed E-state index contributed by atoms with van der Waals surface area (Å²) in [6.45, 7) is 4.20. The van der Waals surface area contributed by atoms with Crippen molar-refractivity contribution in [3.05, 3.63) is 24.7 Å². The number of amides is 1. The highest BCUT2D eigenvalue weighted by Gasteiger charge is 2.57. The summed E-state index contributed by atoms with van der Waals surface area (Å²) in [4.78, 5) is 23.2. The van der Waals surface area contributed by atoms with E-state index in [0.717, 1.165) is 12.8 Å². The maximum Gasteiger partial charge on any atom is 0.248 e. The van der Waals surface area contributed by atoms with Crippen molar-refractivity contribution in [3.63, 3.8) is 0 Å². The largest absolute Gasteiger partial charge is 0.394 e. The number of nitriles is 1. The molecule has 0 unspecified atom stereocenters. The molecule has 1 atom stereocenters. The molecule has 2 N–H and O–H groups in total. The van der Waals surface area contributed by atoms with E-state index in [1.54, 1.807) is 34.2 Å². The highest BCUT2D eigenvalue weighted by molar-refractivity contribution is 6.01. The van der Waals surface area contributed by atoms with Crippen LogP contribution in [0.15, 0.2) is 24.7 Å². The third-order valence-corrected chi connectivity index (χ3v) is 5.59. The molecule has 2 fully saturated rings. The molecule has 1 aliphatic heterocycles. The lowest BCUT2D eigenvalue weighted by Crippen LogP contribution is -2.35. The Morgan fingerprint density at radius 1 is 1.46 bits per heavy atom. The van der Waals surface area contributed by atoms with Crippen molar-refractivity contribution in [1.29, 1.82) is 5.26 Å². The first-order valence-corrected chi connectivity index (χ1v) is 9.39. The van der Waals surface area contributed by atoms with Crippen LogP contribution >= 0.6 is 0 Å². The molecule has 3 heterocycles. The molecule has 1 amide bonds. The van der Waals surface area contributed by atoms with Crippen molar-refractivity contribution in [2.45, 2.75) is 38.6 Å². The molecule has 0 bridgehead atoms. The summed E-state index contributed by atoms with van der Waals surface area (Å²) in [6.07, 6.45) is 7.41. The number of aliphatic hydroxyl groups is 1. The molecule has 1 saturated heterocycles. The zero-order valence-corrected chi connectivity index (χ0v) is 16.0. The maximum atomic E-state index is 12.9. The molecule has 146 valence electrons. The second-order valence-electron chi connectivity index (χ2n) is 8.07. The van der Waals surface area contributed by atoms with Crippen LogP contribution in [0.3, 0.4) is 0 Å². The molecule has 2 aromatic heterocycles. The predicted octanol–water partition coefficient (Wildman–Crippen LogP) is 1.80. The molecule has 2 aliphatic rings. The average molecular weight is 381 g/mol. The molecule has 28 heavy (non-hydrogen) atoms. The summed E-state index contributed by atoms with van der Waals surface area (Å²) < 4.78 is 1.67. The number of nitrogens with one attached hydrogen (secondary N) is 1. The quantitative estimate of drug-likeness (QED) is 0.783. The number of nitrogens with zero attached hydrogens (tertiary/aromatic N) is 6. The Bertz CT molecular complexity index is 944. The highest BCUT2D eigenvalue weighted by Crippen LogP contribution is 2.51. The number of hydrogen-bond acceptors (Lipinski definition) is 7. The van der Waals surface area contributed by atoms with E-state index in [1.807, 2.05) is 13.8 Å². The van der Waals surface area contributed by atoms with Crippen LogP contribution in [0.1, 0.15) is 33.1 Å². The van der Waals surface area contributed by atoms with Gasteiger partial charge >= 0.3 is 0 Å². The molecular formula is C19H23N7O2. The molecule has 9 heteroatoms. The highest BCUT2D eigenvalue weighted by atomic mass is 16.3. The Morgan fingerprint density at radius 2 is 2.25 bits per heavy atom. The zero-order chi connectivity index (χ0) is 19.9. The number of rotatable bonds is 6. The second-order valence-corrected chi connectivity index (χ2v) is 8.07. The summed E-state index contributed by atoms with van der Waals surface area (Å²) in [5.74, 6) is 0.853. The molecule has 9 nitrogen and oxygen atoms in total. The number of anilines is 3. The minimum Gasteiger partial charge on any atom is -0.394 e. The van der Waals surface area contributed by atoms with E-state index < -0.39 is 11.0 Å². The Labute approximate surface area is 163 Å². The van der Waals surface area contributed by atoms with Crippen LogP contribution in [0.25, 0.3) is 0 Å². The van der Waals surface area contributed by atoms with Crippen molar-refractivity contribution in [2.24, 2.45) is 11.3 Å². The lowest BCUT2D eigenvalue weighted by molar-refractivity contribution is -0.123. The minimum absolute atomic E-state index is 0.0428. The van der Waals surface area contributed by atoms with Crippen LogP contribution in [-0.4, -0.2) is 43.9 Å². The fourth-order valence-corrected chi connectivity index (χ4v) is 3.59. The smallest absolute Gasteiger partial charge is 0.248 e. The number of aromatic nitrogens is 4. The van der Waals surface area contributed by atoms with Gasteiger partial charge in [0.15, 0.2) is 0 Å². The molecular weight excluding hydrogens is 358 g/mol. The van der Waals surface area contributed by atoms with Gasteiger partial charge in [0.25, 0.3) is 0 Å². The maximum absolute atomic E-state index is 12.9. The summed E-state index contributed by atoms with van der Waals surface area (Å²) in [7, 11) is 0. The van der Waals surface area contributed by atoms with Crippen LogP contribution in [0.4, 0.5) is 17.5 Å². The normalized spacial score (nSPS) is 22.4. The third-order valence-electron chi connectivity index (χ3n) is 5.59. The van der Waals surface area contributed by atoms with Gasteiger partial charge < -0.3 is 10.4 Å². The van der Waals surface area contributed by atoms with E-state index in [-0.39, 0.29) is 18.4 Å². The number of carbonyl (C=O) groups excluding carboxylic acids is 1. The number of carbonyl (C=O) groups is 1. The first-order valence-electron chi connectivity index (χ1n) is 9.39. The van der Waals surface area contributed by atoms with E-state index >= 15 is 0 Å². The zero-order valence-electron chi connectivity index (χ0n) is 16.0. The van der Waals surface area contributed by atoms with Gasteiger partial charge in [0.05, 0.1) is 30.1 Å². The molecule has 0 aromatic carbocycles. The van der Waals surface area contributed by atoms with Gasteiger partial charge in [-0.05, 0) is 45.1 Å². The lowest BCUT2D eigenvalue weighted by Gasteiger charge is -2.22. The van der Waals surface area contributed by atoms with E-state index in [1.165, 1.54) is 0 Å². The third kappa shape index (κ3) is 2.99. The molecule has 0 radical (unpaired) electrons. The number of aliphatic hydroxyl groups excluding tert-OH is 1. The van der Waals surface area contributed by atoms with E-state index in [0.29, 0.717) is 30.4 Å². The van der Waals surface area contributed by atoms with Crippen LogP contribution in [0, 0.1) is 22.7 Å². The first-order chi connectivity index (χ1) is 13.4. The van der Waals surface area contributed by atoms with Gasteiger partial charge in [-0.2, -0.15) is 15.3 Å². The summed E-state index contributed by atoms with van der Waals surface area (Å²) in [5, 5.41) is 26.4. The van der Waals surface area contributed by atoms with Crippen LogP contribution < -0.4 is 10.2 Å². The van der Waals surface area contributed by atoms with Gasteiger partial charge in [-0.1, -0.05) is 0 Å². The summed E-state index contributed by atoms with van der Waals surface area (Å²) >= 11 is 0. The van der Waals surface area contributed by atoms with Gasteiger partial charge in [-0.15, -0.1) is 0 Å². The predicted molar refractivity (Wildman–Crippen MR) is 102 cm³/mol. The Balaban J connectivity index is 1.53. The second kappa shape index (κ2) is 6.56. The molecule has 4 rings (SSSR count). The summed E-state index contributed by atoms with van der Waals surface area (Å²) in [6, 6.07) is 3.97. The van der Waals surface area contributed by atoms with Gasteiger partial charge in [0.1, 0.15) is 11.2 Å². The van der Waals surface area contributed by atoms with Crippen molar-refractivity contribution < 1.29 is 9.90 Å². The SMILES string of the molecule is CC(C)(CO)n1cc(Nc2nccc(N3CC[C@@](C#N)(C4CC4)C3=O)n2)cn1. The van der Waals surface area contributed by atoms with Gasteiger partial charge in [0, 0.05) is 18.9 Å². The van der Waals surface area contributed by atoms with Crippen molar-refractivity contribution in [2.75, 3.05) is 23.4 Å². The molecule has 1 aliphatic carbocycles. The lowest BCUT2D eigenvalue weighted by atomic mass is 9.83. The average Bonchev–Trinajstić information content (AvgIpc) is 3.34. The topological polar surface area (TPSA) is 120 Å². The van der Waals surface area contributed by atoms with Gasteiger partial charge in [-0.3, -0.25) is 14.4 Å². The van der Waals surface area contributed by atoms with Crippen LogP contribution in [0.2, 0.25) is 0 Å². The standard InChI is InChI=1S/C19H23N7O2/c1-18(2,12-27)26-10-14(9-22-26)23-17-21-7-5-15(24-17)25-8-6-19(11-20,16(25)28)13-3-4-13/h5,7,9-10,13,27H,3-4,6,8,12H2,1-2H3,(H,21,23,24)/t19-/m1/s1. The Hall–Kier alpha value is -2.99. The van der Waals surface area contributed by atoms with Crippen molar-refractivity contribution >= 4 is 23.4 Å². The Morgan fingerprint density at radius 3 is 2.93 bits per heavy atom. The molecule has 1 saturated carbocycles. The van der Waals surface area contributed by atoms with Gasteiger partial charge in [0.2, 0.25) is 11.9 Å². The van der Waals surface area contributed by atoms with Crippen molar-refractivity contribution in [1.82, 2.24) is 19.7 Å². The van der Waals surface area contributed by atoms with Gasteiger partial charge in [-0.25, -0.2) is 4.98 Å². The monoisotopic (exact) mass is 381 g/mol. The summed E-state index contributed by atoms with van der Waals surface area (Å²) in [5.41, 5.74) is -0.736. The molecule has 2 aromatic rings. The van der Waals surface area contributed by atoms with E-state index in [4.69, 9.17) is 0 Å². The van der Waals surface area contributed by atoms with E-state index in [2.05, 4.69) is 26.5 Å². The van der Waals surface area contributed by atoms with Crippen LogP contribution in [-0.2, 0) is 10.3 Å². The van der Waals surface area contributed by atoms with Crippen LogP contribution in [0.5, 0.6) is 0 Å². The fourth-order valence-electron chi connectivity index (χ4n) is 3.59. The molecule has 0 spiro atoms. The Kier molecular flexibility index (Phi) is 4.31. The minimum atomic E-state index is -0.893.